The first-order chi connectivity index (χ1) is 15.8. The maximum Gasteiger partial charge on any atom is 0.333 e. The first kappa shape index (κ1) is 25.5. The summed E-state index contributed by atoms with van der Waals surface area (Å²) in [6.45, 7) is -3.05. The van der Waals surface area contributed by atoms with Crippen LogP contribution in [0.15, 0.2) is 42.5 Å². The van der Waals surface area contributed by atoms with Crippen molar-refractivity contribution in [2.45, 2.75) is 31.1 Å². The van der Waals surface area contributed by atoms with Crippen LogP contribution in [-0.4, -0.2) is 52.6 Å². The molecule has 12 heteroatoms. The molecule has 0 aromatic heterocycles. The van der Waals surface area contributed by atoms with E-state index in [9.17, 15) is 40.7 Å². The summed E-state index contributed by atoms with van der Waals surface area (Å²) in [6, 6.07) is 6.36. The predicted molar refractivity (Wildman–Crippen MR) is 109 cm³/mol. The van der Waals surface area contributed by atoms with Gasteiger partial charge < -0.3 is 0 Å². The topological polar surface area (TPSA) is 57.7 Å². The van der Waals surface area contributed by atoms with Crippen molar-refractivity contribution in [3.8, 4) is 0 Å². The molecule has 34 heavy (non-hydrogen) atoms. The molecule has 0 radical (unpaired) electrons. The SMILES string of the molecule is O=C1CC(=O)N(CC(F)(F)Cc2cccc(F)c2F)C(=O)N1CC(F)(F)Cc1ccc(Cl)cc1. The van der Waals surface area contributed by atoms with Crippen molar-refractivity contribution >= 4 is 29.4 Å². The summed E-state index contributed by atoms with van der Waals surface area (Å²) >= 11 is 5.70. The minimum atomic E-state index is -3.93. The summed E-state index contributed by atoms with van der Waals surface area (Å²) in [5, 5.41) is 0.307. The van der Waals surface area contributed by atoms with Gasteiger partial charge in [-0.15, -0.1) is 0 Å². The summed E-state index contributed by atoms with van der Waals surface area (Å²) in [6.07, 6.45) is -3.33. The van der Waals surface area contributed by atoms with Gasteiger partial charge in [0.05, 0.1) is 13.1 Å². The monoisotopic (exact) mass is 506 g/mol. The van der Waals surface area contributed by atoms with Crippen molar-refractivity contribution in [3.63, 3.8) is 0 Å². The number of halogens is 7. The van der Waals surface area contributed by atoms with Crippen LogP contribution in [-0.2, 0) is 22.4 Å². The molecule has 0 saturated carbocycles. The molecule has 0 spiro atoms. The maximum absolute atomic E-state index is 14.6. The summed E-state index contributed by atoms with van der Waals surface area (Å²) in [5.74, 6) is -13.0. The molecule has 1 fully saturated rings. The Hall–Kier alpha value is -3.08. The summed E-state index contributed by atoms with van der Waals surface area (Å²) in [5.41, 5.74) is -0.563. The quantitative estimate of drug-likeness (QED) is 0.380. The first-order valence-electron chi connectivity index (χ1n) is 9.86. The van der Waals surface area contributed by atoms with Gasteiger partial charge in [0, 0.05) is 17.9 Å². The lowest BCUT2D eigenvalue weighted by Crippen LogP contribution is -2.60. The van der Waals surface area contributed by atoms with Gasteiger partial charge in [0.1, 0.15) is 6.42 Å². The number of hydrogen-bond acceptors (Lipinski definition) is 3. The molecule has 1 heterocycles. The number of nitrogens with zero attached hydrogens (tertiary/aromatic N) is 2. The van der Waals surface area contributed by atoms with Gasteiger partial charge in [-0.1, -0.05) is 35.9 Å². The van der Waals surface area contributed by atoms with E-state index in [0.29, 0.717) is 5.02 Å². The zero-order valence-corrected chi connectivity index (χ0v) is 18.1. The minimum absolute atomic E-state index is 0.0308. The number of alkyl halides is 4. The Kier molecular flexibility index (Phi) is 7.25. The molecule has 5 nitrogen and oxygen atoms in total. The summed E-state index contributed by atoms with van der Waals surface area (Å²) in [4.78, 5) is 36.8. The molecule has 0 aliphatic carbocycles. The summed E-state index contributed by atoms with van der Waals surface area (Å²) < 4.78 is 85.3. The van der Waals surface area contributed by atoms with Crippen LogP contribution in [0.5, 0.6) is 0 Å². The van der Waals surface area contributed by atoms with E-state index < -0.39 is 79.2 Å². The van der Waals surface area contributed by atoms with Gasteiger partial charge in [-0.05, 0) is 29.3 Å². The zero-order valence-electron chi connectivity index (χ0n) is 17.3. The second kappa shape index (κ2) is 9.65. The first-order valence-corrected chi connectivity index (χ1v) is 10.2. The van der Waals surface area contributed by atoms with E-state index in [-0.39, 0.29) is 15.4 Å². The van der Waals surface area contributed by atoms with Crippen molar-refractivity contribution < 1.29 is 40.7 Å². The van der Waals surface area contributed by atoms with Gasteiger partial charge in [0.15, 0.2) is 11.6 Å². The standard InChI is InChI=1S/C22H17ClF6N2O3/c23-15-6-4-13(5-7-15)9-21(26,27)11-30-17(32)8-18(33)31(20(30)34)12-22(28,29)10-14-2-1-3-16(24)19(14)25/h1-7H,8-12H2. The summed E-state index contributed by atoms with van der Waals surface area (Å²) in [7, 11) is 0. The number of rotatable bonds is 8. The van der Waals surface area contributed by atoms with Crippen LogP contribution in [0.1, 0.15) is 17.5 Å². The lowest BCUT2D eigenvalue weighted by Gasteiger charge is -2.36. The Labute approximate surface area is 194 Å². The van der Waals surface area contributed by atoms with Gasteiger partial charge in [-0.3, -0.25) is 19.4 Å². The third-order valence-electron chi connectivity index (χ3n) is 5.00. The Balaban J connectivity index is 1.74. The molecule has 3 rings (SSSR count). The van der Waals surface area contributed by atoms with Crippen LogP contribution >= 0.6 is 11.6 Å². The number of amides is 4. The Morgan fingerprint density at radius 2 is 1.32 bits per heavy atom. The highest BCUT2D eigenvalue weighted by atomic mass is 35.5. The average molecular weight is 507 g/mol. The van der Waals surface area contributed by atoms with Crippen LogP contribution in [0.2, 0.25) is 5.02 Å². The number of hydrogen-bond donors (Lipinski definition) is 0. The number of barbiturate groups is 1. The fourth-order valence-electron chi connectivity index (χ4n) is 3.43. The van der Waals surface area contributed by atoms with Gasteiger partial charge in [-0.2, -0.15) is 0 Å². The number of carbonyl (C=O) groups excluding carboxylic acids is 3. The molecular formula is C22H17ClF6N2O3. The predicted octanol–water partition coefficient (Wildman–Crippen LogP) is 4.85. The van der Waals surface area contributed by atoms with Gasteiger partial charge >= 0.3 is 6.03 Å². The highest BCUT2D eigenvalue weighted by molar-refractivity contribution is 6.30. The number of benzene rings is 2. The van der Waals surface area contributed by atoms with Crippen molar-refractivity contribution in [2.75, 3.05) is 13.1 Å². The molecule has 0 N–H and O–H groups in total. The minimum Gasteiger partial charge on any atom is -0.274 e. The lowest BCUT2D eigenvalue weighted by atomic mass is 10.0. The van der Waals surface area contributed by atoms with Gasteiger partial charge in [-0.25, -0.2) is 31.1 Å². The van der Waals surface area contributed by atoms with Gasteiger partial charge in [0.25, 0.3) is 11.8 Å². The van der Waals surface area contributed by atoms with Gasteiger partial charge in [0.2, 0.25) is 11.8 Å². The molecule has 1 aliphatic heterocycles. The molecule has 0 bridgehead atoms. The third-order valence-corrected chi connectivity index (χ3v) is 5.25. The second-order valence-electron chi connectivity index (χ2n) is 7.82. The molecule has 1 saturated heterocycles. The van der Waals surface area contributed by atoms with E-state index >= 15 is 0 Å². The normalized spacial score (nSPS) is 15.3. The Morgan fingerprint density at radius 3 is 1.88 bits per heavy atom. The molecule has 1 aliphatic rings. The van der Waals surface area contributed by atoms with Crippen molar-refractivity contribution in [2.24, 2.45) is 0 Å². The molecule has 182 valence electrons. The average Bonchev–Trinajstić information content (AvgIpc) is 2.73. The molecule has 2 aromatic rings. The zero-order chi connectivity index (χ0) is 25.3. The number of imide groups is 2. The van der Waals surface area contributed by atoms with E-state index in [0.717, 1.165) is 18.2 Å². The smallest absolute Gasteiger partial charge is 0.274 e. The molecule has 0 unspecified atom stereocenters. The molecule has 2 aromatic carbocycles. The molecular weight excluding hydrogens is 490 g/mol. The van der Waals surface area contributed by atoms with E-state index in [1.54, 1.807) is 0 Å². The van der Waals surface area contributed by atoms with Crippen molar-refractivity contribution in [1.82, 2.24) is 9.80 Å². The Morgan fingerprint density at radius 1 is 0.794 bits per heavy atom. The molecule has 4 amide bonds. The fraction of sp³-hybridized carbons (Fsp3) is 0.318. The van der Waals surface area contributed by atoms with Crippen LogP contribution in [0.4, 0.5) is 31.1 Å². The van der Waals surface area contributed by atoms with Crippen LogP contribution in [0.3, 0.4) is 0 Å². The van der Waals surface area contributed by atoms with E-state index in [1.807, 2.05) is 0 Å². The number of carbonyl (C=O) groups is 3. The Bertz CT molecular complexity index is 1110. The molecule has 0 atom stereocenters. The van der Waals surface area contributed by atoms with Crippen molar-refractivity contribution in [3.05, 3.63) is 70.2 Å². The maximum atomic E-state index is 14.6. The fourth-order valence-corrected chi connectivity index (χ4v) is 3.56. The second-order valence-corrected chi connectivity index (χ2v) is 8.26. The highest BCUT2D eigenvalue weighted by Crippen LogP contribution is 2.28. The van der Waals surface area contributed by atoms with E-state index in [4.69, 9.17) is 11.6 Å². The third kappa shape index (κ3) is 6.07. The van der Waals surface area contributed by atoms with Crippen molar-refractivity contribution in [1.29, 1.82) is 0 Å². The van der Waals surface area contributed by atoms with E-state index in [1.165, 1.54) is 24.3 Å². The van der Waals surface area contributed by atoms with Crippen LogP contribution in [0, 0.1) is 11.6 Å². The largest absolute Gasteiger partial charge is 0.333 e. The number of urea groups is 1. The van der Waals surface area contributed by atoms with E-state index in [2.05, 4.69) is 0 Å². The van der Waals surface area contributed by atoms with Crippen LogP contribution in [0.25, 0.3) is 0 Å². The lowest BCUT2D eigenvalue weighted by molar-refractivity contribution is -0.149. The van der Waals surface area contributed by atoms with Crippen LogP contribution < -0.4 is 0 Å². The highest BCUT2D eigenvalue weighted by Gasteiger charge is 2.47.